The summed E-state index contributed by atoms with van der Waals surface area (Å²) in [6.07, 6.45) is 0. The highest BCUT2D eigenvalue weighted by Crippen LogP contribution is 2.30. The van der Waals surface area contributed by atoms with Crippen molar-refractivity contribution in [3.63, 3.8) is 0 Å². The number of carbonyl (C=O) groups excluding carboxylic acids is 2. The van der Waals surface area contributed by atoms with E-state index in [1.807, 2.05) is 0 Å². The average Bonchev–Trinajstić information content (AvgIpc) is 2.82. The van der Waals surface area contributed by atoms with Gasteiger partial charge < -0.3 is 20.1 Å². The number of nitrogens with zero attached hydrogens (tertiary/aromatic N) is 1. The summed E-state index contributed by atoms with van der Waals surface area (Å²) in [6, 6.07) is 8.75. The minimum absolute atomic E-state index is 0.0915. The van der Waals surface area contributed by atoms with Gasteiger partial charge in [-0.3, -0.25) is 9.59 Å². The Morgan fingerprint density at radius 1 is 1.12 bits per heavy atom. The lowest BCUT2D eigenvalue weighted by atomic mass is 10.0. The number of ether oxygens (including phenoxy) is 2. The van der Waals surface area contributed by atoms with Gasteiger partial charge in [0.05, 0.1) is 25.9 Å². The molecule has 1 heterocycles. The molecule has 184 valence electrons. The molecule has 3 rings (SSSR count). The van der Waals surface area contributed by atoms with E-state index in [0.717, 1.165) is 6.07 Å². The largest absolute Gasteiger partial charge is 0.495 e. The fraction of sp³-hybridized carbons (Fsp3) is 0.391. The fourth-order valence-electron chi connectivity index (χ4n) is 3.50. The van der Waals surface area contributed by atoms with E-state index in [0.29, 0.717) is 0 Å². The number of methoxy groups -OCH3 is 1. The number of amides is 2. The van der Waals surface area contributed by atoms with Crippen LogP contribution >= 0.6 is 0 Å². The van der Waals surface area contributed by atoms with Crippen LogP contribution in [-0.4, -0.2) is 64.0 Å². The second-order valence-electron chi connectivity index (χ2n) is 8.05. The zero-order valence-corrected chi connectivity index (χ0v) is 20.0. The Hall–Kier alpha value is -3.02. The number of morpholine rings is 1. The van der Waals surface area contributed by atoms with Gasteiger partial charge in [-0.25, -0.2) is 12.8 Å². The Kier molecular flexibility index (Phi) is 8.24. The lowest BCUT2D eigenvalue weighted by Crippen LogP contribution is -2.47. The second-order valence-corrected chi connectivity index (χ2v) is 9.95. The zero-order chi connectivity index (χ0) is 24.9. The van der Waals surface area contributed by atoms with Crippen LogP contribution < -0.4 is 15.4 Å². The van der Waals surface area contributed by atoms with Crippen molar-refractivity contribution in [1.29, 1.82) is 0 Å². The van der Waals surface area contributed by atoms with Crippen LogP contribution in [-0.2, 0) is 19.6 Å². The van der Waals surface area contributed by atoms with Crippen molar-refractivity contribution in [2.75, 3.05) is 38.7 Å². The van der Waals surface area contributed by atoms with Gasteiger partial charge in [0.15, 0.2) is 0 Å². The van der Waals surface area contributed by atoms with Crippen LogP contribution in [0.3, 0.4) is 0 Å². The molecule has 2 aromatic rings. The molecule has 0 bridgehead atoms. The van der Waals surface area contributed by atoms with Gasteiger partial charge in [-0.05, 0) is 36.2 Å². The number of anilines is 1. The van der Waals surface area contributed by atoms with E-state index < -0.39 is 33.7 Å². The minimum Gasteiger partial charge on any atom is -0.495 e. The molecule has 0 spiro atoms. The zero-order valence-electron chi connectivity index (χ0n) is 19.2. The van der Waals surface area contributed by atoms with Crippen molar-refractivity contribution < 1.29 is 31.9 Å². The molecule has 1 saturated heterocycles. The van der Waals surface area contributed by atoms with Gasteiger partial charge in [0.2, 0.25) is 15.9 Å². The highest BCUT2D eigenvalue weighted by molar-refractivity contribution is 7.89. The van der Waals surface area contributed by atoms with Gasteiger partial charge >= 0.3 is 0 Å². The molecule has 2 amide bonds. The summed E-state index contributed by atoms with van der Waals surface area (Å²) < 4.78 is 52.1. The van der Waals surface area contributed by atoms with E-state index in [1.165, 1.54) is 47.8 Å². The normalized spacial score (nSPS) is 15.6. The van der Waals surface area contributed by atoms with Gasteiger partial charge in [0.1, 0.15) is 22.5 Å². The van der Waals surface area contributed by atoms with E-state index in [-0.39, 0.29) is 54.1 Å². The smallest absolute Gasteiger partial charge is 0.254 e. The number of hydrogen-bond donors (Lipinski definition) is 2. The maximum absolute atomic E-state index is 14.0. The first-order chi connectivity index (χ1) is 16.1. The van der Waals surface area contributed by atoms with Crippen molar-refractivity contribution in [3.05, 3.63) is 53.8 Å². The first-order valence-electron chi connectivity index (χ1n) is 10.8. The van der Waals surface area contributed by atoms with Crippen molar-refractivity contribution in [2.24, 2.45) is 5.92 Å². The highest BCUT2D eigenvalue weighted by Gasteiger charge is 2.31. The molecule has 1 aliphatic heterocycles. The number of benzene rings is 2. The molecule has 2 aromatic carbocycles. The Bertz CT molecular complexity index is 1150. The molecular weight excluding hydrogens is 465 g/mol. The van der Waals surface area contributed by atoms with Crippen LogP contribution in [0.15, 0.2) is 47.4 Å². The second kappa shape index (κ2) is 10.9. The monoisotopic (exact) mass is 493 g/mol. The Morgan fingerprint density at radius 3 is 2.41 bits per heavy atom. The summed E-state index contributed by atoms with van der Waals surface area (Å²) in [4.78, 5) is 25.4. The van der Waals surface area contributed by atoms with Crippen LogP contribution in [0.5, 0.6) is 5.75 Å². The Labute approximate surface area is 198 Å². The van der Waals surface area contributed by atoms with Gasteiger partial charge in [-0.2, -0.15) is 4.31 Å². The number of carbonyl (C=O) groups is 2. The quantitative estimate of drug-likeness (QED) is 0.583. The van der Waals surface area contributed by atoms with Crippen LogP contribution in [0.4, 0.5) is 10.1 Å². The molecule has 1 fully saturated rings. The number of nitrogens with one attached hydrogen (secondary N) is 2. The SMILES string of the molecule is COc1ccc(NC(=O)[C@@H](NC(=O)c2ccccc2F)C(C)C)cc1S(=O)(=O)N1CCOCC1. The number of halogens is 1. The van der Waals surface area contributed by atoms with Gasteiger partial charge in [-0.15, -0.1) is 0 Å². The van der Waals surface area contributed by atoms with Gasteiger partial charge in [-0.1, -0.05) is 26.0 Å². The summed E-state index contributed by atoms with van der Waals surface area (Å²) in [5, 5.41) is 5.21. The Balaban J connectivity index is 1.83. The van der Waals surface area contributed by atoms with Crippen LogP contribution in [0.1, 0.15) is 24.2 Å². The molecule has 0 unspecified atom stereocenters. The predicted molar refractivity (Wildman–Crippen MR) is 124 cm³/mol. The highest BCUT2D eigenvalue weighted by atomic mass is 32.2. The van der Waals surface area contributed by atoms with E-state index in [2.05, 4.69) is 10.6 Å². The van der Waals surface area contributed by atoms with Crippen molar-refractivity contribution >= 4 is 27.5 Å². The molecule has 11 heteroatoms. The third kappa shape index (κ3) is 5.72. The molecule has 34 heavy (non-hydrogen) atoms. The van der Waals surface area contributed by atoms with Crippen molar-refractivity contribution in [3.8, 4) is 5.75 Å². The van der Waals surface area contributed by atoms with E-state index >= 15 is 0 Å². The fourth-order valence-corrected chi connectivity index (χ4v) is 5.09. The standard InChI is InChI=1S/C23H28FN3O6S/c1-15(2)21(26-22(28)17-6-4-5-7-18(17)24)23(29)25-16-8-9-19(32-3)20(14-16)34(30,31)27-10-12-33-13-11-27/h4-9,14-15,21H,10-13H2,1-3H3,(H,25,29)(H,26,28)/t21-/m0/s1. The average molecular weight is 494 g/mol. The molecule has 0 aliphatic carbocycles. The number of rotatable bonds is 8. The summed E-state index contributed by atoms with van der Waals surface area (Å²) in [5.74, 6) is -2.18. The number of sulfonamides is 1. The maximum atomic E-state index is 14.0. The predicted octanol–water partition coefficient (Wildman–Crippen LogP) is 2.25. The summed E-state index contributed by atoms with van der Waals surface area (Å²) in [5.41, 5.74) is 0.0349. The summed E-state index contributed by atoms with van der Waals surface area (Å²) >= 11 is 0. The topological polar surface area (TPSA) is 114 Å². The first kappa shape index (κ1) is 25.6. The molecular formula is C23H28FN3O6S. The van der Waals surface area contributed by atoms with Crippen LogP contribution in [0.2, 0.25) is 0 Å². The summed E-state index contributed by atoms with van der Waals surface area (Å²) in [6.45, 7) is 4.45. The van der Waals surface area contributed by atoms with E-state index in [9.17, 15) is 22.4 Å². The van der Waals surface area contributed by atoms with Gasteiger partial charge in [0.25, 0.3) is 5.91 Å². The molecule has 9 nitrogen and oxygen atoms in total. The minimum atomic E-state index is -3.89. The molecule has 1 atom stereocenters. The van der Waals surface area contributed by atoms with Crippen molar-refractivity contribution in [1.82, 2.24) is 9.62 Å². The summed E-state index contributed by atoms with van der Waals surface area (Å²) in [7, 11) is -2.53. The van der Waals surface area contributed by atoms with Gasteiger partial charge in [0, 0.05) is 18.8 Å². The first-order valence-corrected chi connectivity index (χ1v) is 12.2. The van der Waals surface area contributed by atoms with E-state index in [4.69, 9.17) is 9.47 Å². The molecule has 2 N–H and O–H groups in total. The maximum Gasteiger partial charge on any atom is 0.254 e. The molecule has 0 saturated carbocycles. The third-order valence-corrected chi connectivity index (χ3v) is 7.29. The van der Waals surface area contributed by atoms with Crippen molar-refractivity contribution in [2.45, 2.75) is 24.8 Å². The van der Waals surface area contributed by atoms with Crippen LogP contribution in [0.25, 0.3) is 0 Å². The Morgan fingerprint density at radius 2 is 1.79 bits per heavy atom. The van der Waals surface area contributed by atoms with Crippen LogP contribution in [0, 0.1) is 11.7 Å². The molecule has 0 aromatic heterocycles. The lowest BCUT2D eigenvalue weighted by Gasteiger charge is -2.27. The molecule has 1 aliphatic rings. The molecule has 0 radical (unpaired) electrons. The van der Waals surface area contributed by atoms with E-state index in [1.54, 1.807) is 13.8 Å². The number of hydrogen-bond acceptors (Lipinski definition) is 6. The third-order valence-electron chi connectivity index (χ3n) is 5.37. The lowest BCUT2D eigenvalue weighted by molar-refractivity contribution is -0.118.